The minimum absolute atomic E-state index is 0.0142. The normalized spacial score (nSPS) is 13.1. The average molecular weight is 239 g/mol. The van der Waals surface area contributed by atoms with Gasteiger partial charge in [0.05, 0.1) is 7.11 Å². The van der Waals surface area contributed by atoms with Crippen molar-refractivity contribution in [1.82, 2.24) is 5.32 Å². The van der Waals surface area contributed by atoms with E-state index in [0.717, 1.165) is 28.0 Å². The molecule has 0 aliphatic carbocycles. The summed E-state index contributed by atoms with van der Waals surface area (Å²) in [5, 5.41) is 2.85. The zero-order valence-corrected chi connectivity index (χ0v) is 10.1. The number of ether oxygens (including phenoxy) is 1. The van der Waals surface area contributed by atoms with Gasteiger partial charge in [0.2, 0.25) is 0 Å². The van der Waals surface area contributed by atoms with Gasteiger partial charge in [-0.05, 0) is 34.9 Å². The monoisotopic (exact) mass is 239 g/mol. The van der Waals surface area contributed by atoms with Crippen LogP contribution in [0.1, 0.15) is 15.9 Å². The van der Waals surface area contributed by atoms with Crippen molar-refractivity contribution >= 4 is 5.91 Å². The van der Waals surface area contributed by atoms with E-state index in [0.29, 0.717) is 6.54 Å². The van der Waals surface area contributed by atoms with Gasteiger partial charge in [0.15, 0.2) is 0 Å². The first kappa shape index (κ1) is 10.8. The van der Waals surface area contributed by atoms with Gasteiger partial charge in [-0.3, -0.25) is 4.79 Å². The second kappa shape index (κ2) is 4.18. The van der Waals surface area contributed by atoms with Crippen molar-refractivity contribution in [1.29, 1.82) is 0 Å². The molecule has 1 amide bonds. The third-order valence-corrected chi connectivity index (χ3v) is 3.25. The molecular formula is C15H13NO2. The van der Waals surface area contributed by atoms with Crippen LogP contribution in [-0.2, 0) is 6.54 Å². The van der Waals surface area contributed by atoms with Crippen LogP contribution in [0.4, 0.5) is 0 Å². The van der Waals surface area contributed by atoms with E-state index in [9.17, 15) is 4.79 Å². The van der Waals surface area contributed by atoms with E-state index in [-0.39, 0.29) is 5.91 Å². The number of amides is 1. The van der Waals surface area contributed by atoms with Crippen LogP contribution < -0.4 is 10.1 Å². The van der Waals surface area contributed by atoms with E-state index >= 15 is 0 Å². The Kier molecular flexibility index (Phi) is 2.52. The van der Waals surface area contributed by atoms with E-state index < -0.39 is 0 Å². The molecule has 90 valence electrons. The molecule has 1 heterocycles. The van der Waals surface area contributed by atoms with Gasteiger partial charge in [0.1, 0.15) is 5.75 Å². The van der Waals surface area contributed by atoms with Crippen LogP contribution in [-0.4, -0.2) is 13.0 Å². The molecule has 3 rings (SSSR count). The number of carbonyl (C=O) groups excluding carboxylic acids is 1. The number of methoxy groups -OCH3 is 1. The minimum atomic E-state index is 0.0142. The Morgan fingerprint density at radius 3 is 2.50 bits per heavy atom. The summed E-state index contributed by atoms with van der Waals surface area (Å²) in [5.74, 6) is 0.848. The van der Waals surface area contributed by atoms with Crippen molar-refractivity contribution in [3.63, 3.8) is 0 Å². The predicted molar refractivity (Wildman–Crippen MR) is 69.6 cm³/mol. The molecule has 0 atom stereocenters. The molecule has 3 heteroatoms. The SMILES string of the molecule is COc1ccc(-c2cccc3c2CNC3=O)cc1. The first-order valence-corrected chi connectivity index (χ1v) is 5.84. The van der Waals surface area contributed by atoms with Gasteiger partial charge in [-0.15, -0.1) is 0 Å². The highest BCUT2D eigenvalue weighted by atomic mass is 16.5. The number of hydrogen-bond donors (Lipinski definition) is 1. The number of hydrogen-bond acceptors (Lipinski definition) is 2. The maximum absolute atomic E-state index is 11.6. The Hall–Kier alpha value is -2.29. The lowest BCUT2D eigenvalue weighted by atomic mass is 9.97. The Balaban J connectivity index is 2.09. The number of carbonyl (C=O) groups is 1. The lowest BCUT2D eigenvalue weighted by Crippen LogP contribution is -2.12. The summed E-state index contributed by atoms with van der Waals surface area (Å²) in [7, 11) is 1.65. The first-order valence-electron chi connectivity index (χ1n) is 5.84. The van der Waals surface area contributed by atoms with Crippen LogP contribution >= 0.6 is 0 Å². The molecule has 3 nitrogen and oxygen atoms in total. The number of rotatable bonds is 2. The lowest BCUT2D eigenvalue weighted by molar-refractivity contribution is 0.0966. The fourth-order valence-electron chi connectivity index (χ4n) is 2.29. The molecule has 1 aliphatic rings. The fraction of sp³-hybridized carbons (Fsp3) is 0.133. The molecule has 1 N–H and O–H groups in total. The Labute approximate surface area is 105 Å². The molecule has 0 aromatic heterocycles. The zero-order valence-electron chi connectivity index (χ0n) is 10.1. The largest absolute Gasteiger partial charge is 0.497 e. The van der Waals surface area contributed by atoms with Crippen LogP contribution in [0, 0.1) is 0 Å². The third kappa shape index (κ3) is 1.64. The standard InChI is InChI=1S/C15H13NO2/c1-18-11-7-5-10(6-8-11)12-3-2-4-13-14(12)9-16-15(13)17/h2-8H,9H2,1H3,(H,16,17). The van der Waals surface area contributed by atoms with Gasteiger partial charge in [-0.1, -0.05) is 24.3 Å². The van der Waals surface area contributed by atoms with Crippen molar-refractivity contribution in [2.45, 2.75) is 6.54 Å². The minimum Gasteiger partial charge on any atom is -0.497 e. The molecular weight excluding hydrogens is 226 g/mol. The molecule has 0 fully saturated rings. The number of nitrogens with one attached hydrogen (secondary N) is 1. The Morgan fingerprint density at radius 1 is 1.06 bits per heavy atom. The summed E-state index contributed by atoms with van der Waals surface area (Å²) < 4.78 is 5.15. The maximum Gasteiger partial charge on any atom is 0.251 e. The van der Waals surface area contributed by atoms with E-state index in [1.54, 1.807) is 7.11 Å². The molecule has 0 bridgehead atoms. The molecule has 0 radical (unpaired) electrons. The van der Waals surface area contributed by atoms with Crippen molar-refractivity contribution in [3.05, 3.63) is 53.6 Å². The topological polar surface area (TPSA) is 38.3 Å². The molecule has 1 aliphatic heterocycles. The van der Waals surface area contributed by atoms with Crippen LogP contribution in [0.5, 0.6) is 5.75 Å². The summed E-state index contributed by atoms with van der Waals surface area (Å²) in [4.78, 5) is 11.6. The van der Waals surface area contributed by atoms with E-state index in [1.165, 1.54) is 0 Å². The molecule has 0 saturated carbocycles. The lowest BCUT2D eigenvalue weighted by Gasteiger charge is -2.08. The molecule has 0 spiro atoms. The van der Waals surface area contributed by atoms with Crippen molar-refractivity contribution in [2.24, 2.45) is 0 Å². The maximum atomic E-state index is 11.6. The average Bonchev–Trinajstić information content (AvgIpc) is 2.81. The number of fused-ring (bicyclic) bond motifs is 1. The quantitative estimate of drug-likeness (QED) is 0.874. The molecule has 2 aromatic rings. The van der Waals surface area contributed by atoms with Crippen molar-refractivity contribution in [2.75, 3.05) is 7.11 Å². The van der Waals surface area contributed by atoms with Crippen molar-refractivity contribution in [3.8, 4) is 16.9 Å². The highest BCUT2D eigenvalue weighted by Crippen LogP contribution is 2.30. The van der Waals surface area contributed by atoms with Crippen LogP contribution in [0.3, 0.4) is 0 Å². The van der Waals surface area contributed by atoms with Crippen molar-refractivity contribution < 1.29 is 9.53 Å². The highest BCUT2D eigenvalue weighted by molar-refractivity contribution is 6.00. The summed E-state index contributed by atoms with van der Waals surface area (Å²) in [5.41, 5.74) is 4.06. The summed E-state index contributed by atoms with van der Waals surface area (Å²) in [6.07, 6.45) is 0. The molecule has 2 aromatic carbocycles. The summed E-state index contributed by atoms with van der Waals surface area (Å²) in [6, 6.07) is 13.7. The van der Waals surface area contributed by atoms with E-state index in [1.807, 2.05) is 42.5 Å². The van der Waals surface area contributed by atoms with E-state index in [2.05, 4.69) is 5.32 Å². The predicted octanol–water partition coefficient (Wildman–Crippen LogP) is 2.61. The van der Waals surface area contributed by atoms with E-state index in [4.69, 9.17) is 4.74 Å². The van der Waals surface area contributed by atoms with Gasteiger partial charge < -0.3 is 10.1 Å². The zero-order chi connectivity index (χ0) is 12.5. The van der Waals surface area contributed by atoms with Crippen LogP contribution in [0.2, 0.25) is 0 Å². The highest BCUT2D eigenvalue weighted by Gasteiger charge is 2.21. The summed E-state index contributed by atoms with van der Waals surface area (Å²) in [6.45, 7) is 0.608. The van der Waals surface area contributed by atoms with Gasteiger partial charge >= 0.3 is 0 Å². The Bertz CT molecular complexity index is 602. The number of benzene rings is 2. The first-order chi connectivity index (χ1) is 8.79. The van der Waals surface area contributed by atoms with Crippen LogP contribution in [0.25, 0.3) is 11.1 Å². The van der Waals surface area contributed by atoms with Gasteiger partial charge in [0.25, 0.3) is 5.91 Å². The van der Waals surface area contributed by atoms with Gasteiger partial charge in [-0.2, -0.15) is 0 Å². The van der Waals surface area contributed by atoms with Crippen LogP contribution in [0.15, 0.2) is 42.5 Å². The molecule has 18 heavy (non-hydrogen) atoms. The second-order valence-electron chi connectivity index (χ2n) is 4.24. The second-order valence-corrected chi connectivity index (χ2v) is 4.24. The summed E-state index contributed by atoms with van der Waals surface area (Å²) >= 11 is 0. The smallest absolute Gasteiger partial charge is 0.251 e. The molecule has 0 unspecified atom stereocenters. The Morgan fingerprint density at radius 2 is 1.78 bits per heavy atom. The van der Waals surface area contributed by atoms with Gasteiger partial charge in [-0.25, -0.2) is 0 Å². The fourth-order valence-corrected chi connectivity index (χ4v) is 2.29. The van der Waals surface area contributed by atoms with Gasteiger partial charge in [0, 0.05) is 12.1 Å². The third-order valence-electron chi connectivity index (χ3n) is 3.25. The molecule has 0 saturated heterocycles.